The molecule has 0 aromatic carbocycles. The first kappa shape index (κ1) is 11.6. The highest BCUT2D eigenvalue weighted by Crippen LogP contribution is 1.90. The summed E-state index contributed by atoms with van der Waals surface area (Å²) in [5.74, 6) is 0. The predicted molar refractivity (Wildman–Crippen MR) is 50.3 cm³/mol. The molecule has 2 unspecified atom stereocenters. The number of ether oxygens (including phenoxy) is 2. The van der Waals surface area contributed by atoms with Crippen molar-refractivity contribution in [1.29, 1.82) is 0 Å². The standard InChI is InChI=1S/C9H19NO2/c1-5-8(2)10-6-9(12-4)7-11-3/h5,8-10H,1,6-7H2,2-4H3. The molecule has 0 spiro atoms. The minimum atomic E-state index is 0.123. The Morgan fingerprint density at radius 2 is 2.17 bits per heavy atom. The van der Waals surface area contributed by atoms with Crippen molar-refractivity contribution in [3.05, 3.63) is 12.7 Å². The Hall–Kier alpha value is -0.380. The number of hydrogen-bond donors (Lipinski definition) is 1. The summed E-state index contributed by atoms with van der Waals surface area (Å²) >= 11 is 0. The van der Waals surface area contributed by atoms with E-state index in [0.29, 0.717) is 12.6 Å². The van der Waals surface area contributed by atoms with E-state index in [1.165, 1.54) is 0 Å². The zero-order valence-electron chi connectivity index (χ0n) is 8.17. The van der Waals surface area contributed by atoms with E-state index >= 15 is 0 Å². The van der Waals surface area contributed by atoms with Crippen molar-refractivity contribution in [2.75, 3.05) is 27.4 Å². The van der Waals surface area contributed by atoms with Crippen LogP contribution in [0, 0.1) is 0 Å². The lowest BCUT2D eigenvalue weighted by atomic mass is 10.3. The molecule has 0 saturated heterocycles. The molecule has 0 aliphatic carbocycles. The van der Waals surface area contributed by atoms with Gasteiger partial charge in [0.25, 0.3) is 0 Å². The van der Waals surface area contributed by atoms with Crippen LogP contribution in [0.4, 0.5) is 0 Å². The van der Waals surface area contributed by atoms with Crippen LogP contribution in [0.2, 0.25) is 0 Å². The molecule has 0 aliphatic heterocycles. The molecular weight excluding hydrogens is 154 g/mol. The summed E-state index contributed by atoms with van der Waals surface area (Å²) in [6, 6.07) is 0.319. The second-order valence-electron chi connectivity index (χ2n) is 2.75. The Labute approximate surface area is 74.7 Å². The third-order valence-electron chi connectivity index (χ3n) is 1.71. The first-order valence-corrected chi connectivity index (χ1v) is 4.12. The van der Waals surface area contributed by atoms with Crippen molar-refractivity contribution in [1.82, 2.24) is 5.32 Å². The van der Waals surface area contributed by atoms with Crippen molar-refractivity contribution in [3.63, 3.8) is 0 Å². The van der Waals surface area contributed by atoms with Gasteiger partial charge in [0.1, 0.15) is 0 Å². The SMILES string of the molecule is C=CC(C)NCC(COC)OC. The van der Waals surface area contributed by atoms with Crippen LogP contribution in [0.5, 0.6) is 0 Å². The highest BCUT2D eigenvalue weighted by Gasteiger charge is 2.06. The van der Waals surface area contributed by atoms with Gasteiger partial charge in [-0.1, -0.05) is 6.08 Å². The van der Waals surface area contributed by atoms with Crippen LogP contribution in [0.3, 0.4) is 0 Å². The first-order valence-electron chi connectivity index (χ1n) is 4.12. The van der Waals surface area contributed by atoms with E-state index in [4.69, 9.17) is 9.47 Å². The predicted octanol–water partition coefficient (Wildman–Crippen LogP) is 0.812. The molecule has 3 nitrogen and oxygen atoms in total. The van der Waals surface area contributed by atoms with Gasteiger partial charge in [-0.15, -0.1) is 6.58 Å². The molecule has 0 rings (SSSR count). The van der Waals surface area contributed by atoms with E-state index < -0.39 is 0 Å². The van der Waals surface area contributed by atoms with E-state index in [0.717, 1.165) is 6.54 Å². The monoisotopic (exact) mass is 173 g/mol. The highest BCUT2D eigenvalue weighted by molar-refractivity contribution is 4.81. The molecule has 0 aromatic heterocycles. The lowest BCUT2D eigenvalue weighted by Crippen LogP contribution is -2.35. The quantitative estimate of drug-likeness (QED) is 0.578. The van der Waals surface area contributed by atoms with Gasteiger partial charge in [-0.05, 0) is 6.92 Å². The maximum atomic E-state index is 5.16. The second-order valence-corrected chi connectivity index (χ2v) is 2.75. The van der Waals surface area contributed by atoms with Gasteiger partial charge in [0.05, 0.1) is 12.7 Å². The summed E-state index contributed by atoms with van der Waals surface area (Å²) in [6.07, 6.45) is 1.98. The molecule has 0 radical (unpaired) electrons. The molecular formula is C9H19NO2. The molecule has 0 saturated carbocycles. The fourth-order valence-corrected chi connectivity index (χ4v) is 0.797. The molecule has 0 aliphatic rings. The first-order chi connectivity index (χ1) is 5.74. The topological polar surface area (TPSA) is 30.5 Å². The van der Waals surface area contributed by atoms with Crippen LogP contribution in [-0.4, -0.2) is 39.5 Å². The Bertz CT molecular complexity index is 117. The third kappa shape index (κ3) is 5.29. The summed E-state index contributed by atoms with van der Waals surface area (Å²) in [5, 5.41) is 3.25. The molecule has 72 valence electrons. The summed E-state index contributed by atoms with van der Waals surface area (Å²) < 4.78 is 10.1. The van der Waals surface area contributed by atoms with Crippen LogP contribution in [-0.2, 0) is 9.47 Å². The third-order valence-corrected chi connectivity index (χ3v) is 1.71. The zero-order chi connectivity index (χ0) is 9.40. The molecule has 0 aromatic rings. The number of hydrogen-bond acceptors (Lipinski definition) is 3. The number of rotatable bonds is 7. The van der Waals surface area contributed by atoms with Gasteiger partial charge in [0.2, 0.25) is 0 Å². The second kappa shape index (κ2) is 7.28. The van der Waals surface area contributed by atoms with Crippen molar-refractivity contribution in [2.24, 2.45) is 0 Å². The van der Waals surface area contributed by atoms with Crippen LogP contribution < -0.4 is 5.32 Å². The van der Waals surface area contributed by atoms with Crippen LogP contribution in [0.25, 0.3) is 0 Å². The summed E-state index contributed by atoms with van der Waals surface area (Å²) in [7, 11) is 3.35. The van der Waals surface area contributed by atoms with Gasteiger partial charge < -0.3 is 14.8 Å². The molecule has 3 heteroatoms. The van der Waals surface area contributed by atoms with Gasteiger partial charge in [-0.25, -0.2) is 0 Å². The number of nitrogens with one attached hydrogen (secondary N) is 1. The van der Waals surface area contributed by atoms with Crippen LogP contribution >= 0.6 is 0 Å². The fraction of sp³-hybridized carbons (Fsp3) is 0.778. The lowest BCUT2D eigenvalue weighted by Gasteiger charge is -2.16. The van der Waals surface area contributed by atoms with Crippen molar-refractivity contribution < 1.29 is 9.47 Å². The van der Waals surface area contributed by atoms with E-state index in [9.17, 15) is 0 Å². The molecule has 12 heavy (non-hydrogen) atoms. The Morgan fingerprint density at radius 1 is 1.50 bits per heavy atom. The fourth-order valence-electron chi connectivity index (χ4n) is 0.797. The highest BCUT2D eigenvalue weighted by atomic mass is 16.5. The average Bonchev–Trinajstić information content (AvgIpc) is 2.11. The molecule has 0 bridgehead atoms. The Kier molecular flexibility index (Phi) is 7.05. The van der Waals surface area contributed by atoms with Crippen LogP contribution in [0.15, 0.2) is 12.7 Å². The maximum Gasteiger partial charge on any atom is 0.0928 e. The van der Waals surface area contributed by atoms with Crippen LogP contribution in [0.1, 0.15) is 6.92 Å². The molecule has 0 fully saturated rings. The van der Waals surface area contributed by atoms with Crippen molar-refractivity contribution >= 4 is 0 Å². The van der Waals surface area contributed by atoms with Gasteiger partial charge >= 0.3 is 0 Å². The van der Waals surface area contributed by atoms with E-state index in [1.54, 1.807) is 14.2 Å². The summed E-state index contributed by atoms with van der Waals surface area (Å²) in [6.45, 7) is 7.13. The van der Waals surface area contributed by atoms with Crippen molar-refractivity contribution in [2.45, 2.75) is 19.1 Å². The average molecular weight is 173 g/mol. The van der Waals surface area contributed by atoms with Gasteiger partial charge in [0.15, 0.2) is 0 Å². The normalized spacial score (nSPS) is 15.6. The minimum absolute atomic E-state index is 0.123. The largest absolute Gasteiger partial charge is 0.382 e. The van der Waals surface area contributed by atoms with E-state index in [2.05, 4.69) is 11.9 Å². The minimum Gasteiger partial charge on any atom is -0.382 e. The molecule has 0 amide bonds. The molecule has 2 atom stereocenters. The smallest absolute Gasteiger partial charge is 0.0928 e. The number of methoxy groups -OCH3 is 2. The maximum absolute atomic E-state index is 5.16. The molecule has 1 N–H and O–H groups in total. The molecule has 0 heterocycles. The van der Waals surface area contributed by atoms with Gasteiger partial charge in [0, 0.05) is 26.8 Å². The summed E-state index contributed by atoms with van der Waals surface area (Å²) in [5.41, 5.74) is 0. The van der Waals surface area contributed by atoms with Gasteiger partial charge in [-0.2, -0.15) is 0 Å². The Morgan fingerprint density at radius 3 is 2.58 bits per heavy atom. The van der Waals surface area contributed by atoms with Crippen molar-refractivity contribution in [3.8, 4) is 0 Å². The zero-order valence-corrected chi connectivity index (χ0v) is 8.17. The van der Waals surface area contributed by atoms with E-state index in [1.807, 2.05) is 13.0 Å². The Balaban J connectivity index is 3.49. The lowest BCUT2D eigenvalue weighted by molar-refractivity contribution is 0.0283. The van der Waals surface area contributed by atoms with Gasteiger partial charge in [-0.3, -0.25) is 0 Å². The summed E-state index contributed by atoms with van der Waals surface area (Å²) in [4.78, 5) is 0. The van der Waals surface area contributed by atoms with E-state index in [-0.39, 0.29) is 6.10 Å².